The molecule has 7 nitrogen and oxygen atoms in total. The van der Waals surface area contributed by atoms with Crippen molar-refractivity contribution in [3.8, 4) is 0 Å². The summed E-state index contributed by atoms with van der Waals surface area (Å²) < 4.78 is 4.98. The fraction of sp³-hybridized carbons (Fsp3) is 0.611. The first-order valence-corrected chi connectivity index (χ1v) is 8.88. The number of pyridine rings is 1. The van der Waals surface area contributed by atoms with E-state index in [0.717, 1.165) is 19.3 Å². The smallest absolute Gasteiger partial charge is 0.265 e. The van der Waals surface area contributed by atoms with Crippen LogP contribution >= 0.6 is 0 Å². The molecule has 0 aliphatic heterocycles. The average Bonchev–Trinajstić information content (AvgIpc) is 2.64. The van der Waals surface area contributed by atoms with Gasteiger partial charge in [-0.05, 0) is 25.0 Å². The van der Waals surface area contributed by atoms with Crippen molar-refractivity contribution in [3.05, 3.63) is 30.1 Å². The lowest BCUT2D eigenvalue weighted by Crippen LogP contribution is -2.55. The Balaban J connectivity index is 2.83. The number of unbranched alkanes of at least 4 members (excludes halogenated alkanes) is 1. The van der Waals surface area contributed by atoms with Crippen molar-refractivity contribution >= 4 is 11.8 Å². The first-order valence-electron chi connectivity index (χ1n) is 8.88. The van der Waals surface area contributed by atoms with Crippen LogP contribution in [0.3, 0.4) is 0 Å². The Morgan fingerprint density at radius 3 is 2.56 bits per heavy atom. The third-order valence-corrected chi connectivity index (χ3v) is 3.79. The van der Waals surface area contributed by atoms with Crippen LogP contribution in [0.4, 0.5) is 0 Å². The molecule has 0 fully saturated rings. The molecule has 25 heavy (non-hydrogen) atoms. The zero-order chi connectivity index (χ0) is 18.5. The first kappa shape index (κ1) is 21.1. The van der Waals surface area contributed by atoms with Crippen LogP contribution in [0.1, 0.15) is 49.9 Å². The summed E-state index contributed by atoms with van der Waals surface area (Å²) in [4.78, 5) is 29.0. The van der Waals surface area contributed by atoms with E-state index in [2.05, 4.69) is 22.7 Å². The van der Waals surface area contributed by atoms with Gasteiger partial charge in [0.2, 0.25) is 5.91 Å². The van der Waals surface area contributed by atoms with Crippen molar-refractivity contribution in [1.29, 1.82) is 0 Å². The van der Waals surface area contributed by atoms with Gasteiger partial charge in [-0.3, -0.25) is 20.0 Å². The molecule has 1 rings (SSSR count). The van der Waals surface area contributed by atoms with Crippen molar-refractivity contribution in [2.75, 3.05) is 26.8 Å². The van der Waals surface area contributed by atoms with Crippen LogP contribution in [0.25, 0.3) is 0 Å². The SMILES string of the molecule is CCCCN(NC(=O)c1ccncc1)[C@@H](CCC)C(=O)NCCOC. The van der Waals surface area contributed by atoms with Crippen LogP contribution < -0.4 is 10.7 Å². The molecule has 1 aromatic rings. The fourth-order valence-electron chi connectivity index (χ4n) is 2.41. The topological polar surface area (TPSA) is 83.6 Å². The number of amides is 2. The highest BCUT2D eigenvalue weighted by Gasteiger charge is 2.26. The molecule has 0 bridgehead atoms. The maximum atomic E-state index is 12.6. The van der Waals surface area contributed by atoms with E-state index >= 15 is 0 Å². The molecule has 2 N–H and O–H groups in total. The summed E-state index contributed by atoms with van der Waals surface area (Å²) in [7, 11) is 1.60. The van der Waals surface area contributed by atoms with Gasteiger partial charge in [-0.25, -0.2) is 5.01 Å². The third kappa shape index (κ3) is 7.62. The zero-order valence-corrected chi connectivity index (χ0v) is 15.5. The molecule has 0 aliphatic carbocycles. The van der Waals surface area contributed by atoms with Gasteiger partial charge in [0.15, 0.2) is 0 Å². The van der Waals surface area contributed by atoms with E-state index in [1.807, 2.05) is 6.92 Å². The molecule has 140 valence electrons. The number of hydrogen-bond donors (Lipinski definition) is 2. The number of nitrogens with one attached hydrogen (secondary N) is 2. The molecular formula is C18H30N4O3. The Morgan fingerprint density at radius 2 is 1.96 bits per heavy atom. The second kappa shape index (κ2) is 12.4. The Morgan fingerprint density at radius 1 is 1.24 bits per heavy atom. The lowest BCUT2D eigenvalue weighted by Gasteiger charge is -2.31. The Hall–Kier alpha value is -1.99. The van der Waals surface area contributed by atoms with E-state index in [1.165, 1.54) is 0 Å². The zero-order valence-electron chi connectivity index (χ0n) is 15.5. The monoisotopic (exact) mass is 350 g/mol. The Kier molecular flexibility index (Phi) is 10.4. The number of hydrogen-bond acceptors (Lipinski definition) is 5. The maximum Gasteiger partial charge on any atom is 0.265 e. The van der Waals surface area contributed by atoms with Crippen LogP contribution in [0, 0.1) is 0 Å². The molecule has 1 atom stereocenters. The lowest BCUT2D eigenvalue weighted by molar-refractivity contribution is -0.128. The van der Waals surface area contributed by atoms with Crippen molar-refractivity contribution in [2.45, 2.75) is 45.6 Å². The molecule has 0 spiro atoms. The number of nitrogens with zero attached hydrogens (tertiary/aromatic N) is 2. The number of hydrazine groups is 1. The van der Waals surface area contributed by atoms with E-state index < -0.39 is 6.04 Å². The van der Waals surface area contributed by atoms with Gasteiger partial charge in [0.25, 0.3) is 5.91 Å². The maximum absolute atomic E-state index is 12.6. The van der Waals surface area contributed by atoms with Gasteiger partial charge >= 0.3 is 0 Å². The first-order chi connectivity index (χ1) is 12.1. The molecule has 0 saturated carbocycles. The summed E-state index contributed by atoms with van der Waals surface area (Å²) in [5.41, 5.74) is 3.42. The van der Waals surface area contributed by atoms with Gasteiger partial charge in [0, 0.05) is 38.2 Å². The van der Waals surface area contributed by atoms with Crippen LogP contribution in [-0.4, -0.2) is 54.7 Å². The number of aromatic nitrogens is 1. The number of carbonyl (C=O) groups excluding carboxylic acids is 2. The largest absolute Gasteiger partial charge is 0.383 e. The highest BCUT2D eigenvalue weighted by atomic mass is 16.5. The third-order valence-electron chi connectivity index (χ3n) is 3.79. The van der Waals surface area contributed by atoms with Crippen molar-refractivity contribution in [3.63, 3.8) is 0 Å². The van der Waals surface area contributed by atoms with E-state index in [1.54, 1.807) is 36.6 Å². The average molecular weight is 350 g/mol. The van der Waals surface area contributed by atoms with Gasteiger partial charge in [-0.15, -0.1) is 0 Å². The summed E-state index contributed by atoms with van der Waals surface area (Å²) in [5.74, 6) is -0.325. The van der Waals surface area contributed by atoms with Crippen LogP contribution in [-0.2, 0) is 9.53 Å². The predicted octanol–water partition coefficient (Wildman–Crippen LogP) is 1.76. The summed E-state index contributed by atoms with van der Waals surface area (Å²) in [6, 6.07) is 2.90. The molecule has 1 heterocycles. The molecule has 1 aromatic heterocycles. The van der Waals surface area contributed by atoms with Crippen LogP contribution in [0.2, 0.25) is 0 Å². The minimum atomic E-state index is -0.404. The highest BCUT2D eigenvalue weighted by Crippen LogP contribution is 2.09. The summed E-state index contributed by atoms with van der Waals surface area (Å²) in [5, 5.41) is 4.63. The van der Waals surface area contributed by atoms with E-state index in [0.29, 0.717) is 31.7 Å². The van der Waals surface area contributed by atoms with E-state index in [4.69, 9.17) is 4.74 Å². The van der Waals surface area contributed by atoms with Gasteiger partial charge < -0.3 is 10.1 Å². The number of ether oxygens (including phenoxy) is 1. The summed E-state index contributed by atoms with van der Waals surface area (Å²) >= 11 is 0. The number of carbonyl (C=O) groups is 2. The number of methoxy groups -OCH3 is 1. The van der Waals surface area contributed by atoms with Crippen LogP contribution in [0.15, 0.2) is 24.5 Å². The summed E-state index contributed by atoms with van der Waals surface area (Å²) in [6.07, 6.45) is 6.53. The Bertz CT molecular complexity index is 510. The second-order valence-electron chi connectivity index (χ2n) is 5.81. The second-order valence-corrected chi connectivity index (χ2v) is 5.81. The van der Waals surface area contributed by atoms with Gasteiger partial charge in [-0.1, -0.05) is 26.7 Å². The van der Waals surface area contributed by atoms with Gasteiger partial charge in [0.05, 0.1) is 6.61 Å². The molecule has 0 radical (unpaired) electrons. The minimum Gasteiger partial charge on any atom is -0.383 e. The quantitative estimate of drug-likeness (QED) is 0.443. The number of rotatable bonds is 12. The van der Waals surface area contributed by atoms with Gasteiger partial charge in [0.1, 0.15) is 6.04 Å². The van der Waals surface area contributed by atoms with Crippen molar-refractivity contribution in [1.82, 2.24) is 20.7 Å². The fourth-order valence-corrected chi connectivity index (χ4v) is 2.41. The van der Waals surface area contributed by atoms with E-state index in [-0.39, 0.29) is 11.8 Å². The lowest BCUT2D eigenvalue weighted by atomic mass is 10.1. The minimum absolute atomic E-state index is 0.0926. The molecule has 7 heteroatoms. The highest BCUT2D eigenvalue weighted by molar-refractivity contribution is 5.94. The molecule has 2 amide bonds. The molecule has 0 aromatic carbocycles. The summed E-state index contributed by atoms with van der Waals surface area (Å²) in [6.45, 7) is 5.64. The van der Waals surface area contributed by atoms with Crippen LogP contribution in [0.5, 0.6) is 0 Å². The Labute approximate surface area is 150 Å². The molecule has 0 unspecified atom stereocenters. The molecule has 0 saturated heterocycles. The van der Waals surface area contributed by atoms with Crippen molar-refractivity contribution in [2.24, 2.45) is 0 Å². The van der Waals surface area contributed by atoms with E-state index in [9.17, 15) is 9.59 Å². The normalized spacial score (nSPS) is 12.0. The predicted molar refractivity (Wildman–Crippen MR) is 96.9 cm³/mol. The van der Waals surface area contributed by atoms with Crippen molar-refractivity contribution < 1.29 is 14.3 Å². The molecular weight excluding hydrogens is 320 g/mol. The van der Waals surface area contributed by atoms with Gasteiger partial charge in [-0.2, -0.15) is 0 Å². The standard InChI is InChI=1S/C18H30N4O3/c1-4-6-13-22(21-17(23)15-8-10-19-11-9-15)16(7-5-2)18(24)20-12-14-25-3/h8-11,16H,4-7,12-14H2,1-3H3,(H,20,24)(H,21,23)/t16-/m0/s1. The molecule has 0 aliphatic rings.